The minimum absolute atomic E-state index is 0.125. The van der Waals surface area contributed by atoms with Crippen molar-refractivity contribution in [2.75, 3.05) is 6.54 Å². The third-order valence-electron chi connectivity index (χ3n) is 4.97. The number of hydrogen-bond acceptors (Lipinski definition) is 3. The summed E-state index contributed by atoms with van der Waals surface area (Å²) in [5.74, 6) is 0. The second kappa shape index (κ2) is 6.77. The highest BCUT2D eigenvalue weighted by Gasteiger charge is 2.20. The summed E-state index contributed by atoms with van der Waals surface area (Å²) in [6.45, 7) is 4.77. The standard InChI is InChI=1S/C21H21N3O2/c1-15-3-2-4-16(11-15)13-23-14-20(19-12-22-10-9-21(19)23)17-5-7-18(8-6-17)24(25)26/h2-8,11,14,22H,9-10,12-13H2,1H3. The lowest BCUT2D eigenvalue weighted by Crippen LogP contribution is -2.25. The summed E-state index contributed by atoms with van der Waals surface area (Å²) in [4.78, 5) is 10.6. The Morgan fingerprint density at radius 3 is 2.73 bits per heavy atom. The molecular formula is C21H21N3O2. The minimum Gasteiger partial charge on any atom is -0.346 e. The quantitative estimate of drug-likeness (QED) is 0.572. The molecule has 0 unspecified atom stereocenters. The van der Waals surface area contributed by atoms with Crippen LogP contribution in [0, 0.1) is 17.0 Å². The van der Waals surface area contributed by atoms with Crippen molar-refractivity contribution in [2.24, 2.45) is 0 Å². The second-order valence-corrected chi connectivity index (χ2v) is 6.82. The predicted molar refractivity (Wildman–Crippen MR) is 102 cm³/mol. The fraction of sp³-hybridized carbons (Fsp3) is 0.238. The number of nitrogens with zero attached hydrogens (tertiary/aromatic N) is 2. The SMILES string of the molecule is Cc1cccc(Cn2cc(-c3ccc([N+](=O)[O-])cc3)c3c2CCNC3)c1. The average molecular weight is 347 g/mol. The van der Waals surface area contributed by atoms with Crippen LogP contribution >= 0.6 is 0 Å². The molecule has 26 heavy (non-hydrogen) atoms. The maximum atomic E-state index is 10.9. The Morgan fingerprint density at radius 1 is 1.19 bits per heavy atom. The maximum absolute atomic E-state index is 10.9. The van der Waals surface area contributed by atoms with Crippen molar-refractivity contribution < 1.29 is 4.92 Å². The van der Waals surface area contributed by atoms with Crippen molar-refractivity contribution in [1.82, 2.24) is 9.88 Å². The molecule has 0 radical (unpaired) electrons. The van der Waals surface area contributed by atoms with Gasteiger partial charge in [-0.1, -0.05) is 29.8 Å². The first kappa shape index (κ1) is 16.5. The highest BCUT2D eigenvalue weighted by Crippen LogP contribution is 2.32. The Balaban J connectivity index is 1.73. The Morgan fingerprint density at radius 2 is 2.00 bits per heavy atom. The van der Waals surface area contributed by atoms with Gasteiger partial charge >= 0.3 is 0 Å². The Kier molecular flexibility index (Phi) is 4.31. The van der Waals surface area contributed by atoms with E-state index in [9.17, 15) is 10.1 Å². The molecule has 0 bridgehead atoms. The number of rotatable bonds is 4. The molecule has 0 amide bonds. The van der Waals surface area contributed by atoms with E-state index in [1.807, 2.05) is 12.1 Å². The summed E-state index contributed by atoms with van der Waals surface area (Å²) < 4.78 is 2.34. The van der Waals surface area contributed by atoms with Crippen LogP contribution in [-0.2, 0) is 19.5 Å². The molecule has 132 valence electrons. The molecule has 5 heteroatoms. The van der Waals surface area contributed by atoms with Crippen molar-refractivity contribution in [2.45, 2.75) is 26.4 Å². The van der Waals surface area contributed by atoms with Gasteiger partial charge in [-0.15, -0.1) is 0 Å². The van der Waals surface area contributed by atoms with Crippen molar-refractivity contribution in [3.8, 4) is 11.1 Å². The Bertz CT molecular complexity index is 958. The number of nitro benzene ring substituents is 1. The minimum atomic E-state index is -0.357. The van der Waals surface area contributed by atoms with Gasteiger partial charge in [-0.05, 0) is 35.7 Å². The first-order valence-electron chi connectivity index (χ1n) is 8.84. The van der Waals surface area contributed by atoms with Crippen LogP contribution in [0.2, 0.25) is 0 Å². The van der Waals surface area contributed by atoms with Crippen LogP contribution in [0.5, 0.6) is 0 Å². The number of hydrogen-bond donors (Lipinski definition) is 1. The van der Waals surface area contributed by atoms with E-state index in [2.05, 4.69) is 47.3 Å². The molecule has 2 aromatic carbocycles. The first-order chi connectivity index (χ1) is 12.6. The molecule has 5 nitrogen and oxygen atoms in total. The van der Waals surface area contributed by atoms with Crippen LogP contribution in [-0.4, -0.2) is 16.0 Å². The lowest BCUT2D eigenvalue weighted by atomic mass is 10.00. The zero-order valence-electron chi connectivity index (χ0n) is 14.7. The highest BCUT2D eigenvalue weighted by atomic mass is 16.6. The molecule has 1 aromatic heterocycles. The molecule has 2 heterocycles. The van der Waals surface area contributed by atoms with Crippen molar-refractivity contribution in [1.29, 1.82) is 0 Å². The van der Waals surface area contributed by atoms with Gasteiger partial charge in [-0.3, -0.25) is 10.1 Å². The largest absolute Gasteiger partial charge is 0.346 e. The van der Waals surface area contributed by atoms with Gasteiger partial charge < -0.3 is 9.88 Å². The maximum Gasteiger partial charge on any atom is 0.269 e. The predicted octanol–water partition coefficient (Wildman–Crippen LogP) is 4.07. The Labute approximate surface area is 152 Å². The first-order valence-corrected chi connectivity index (χ1v) is 8.84. The number of benzene rings is 2. The molecule has 3 aromatic rings. The average Bonchev–Trinajstić information content (AvgIpc) is 3.01. The van der Waals surface area contributed by atoms with E-state index in [1.54, 1.807) is 12.1 Å². The zero-order chi connectivity index (χ0) is 18.1. The van der Waals surface area contributed by atoms with E-state index in [0.717, 1.165) is 37.2 Å². The van der Waals surface area contributed by atoms with E-state index in [-0.39, 0.29) is 10.6 Å². The smallest absolute Gasteiger partial charge is 0.269 e. The van der Waals surface area contributed by atoms with Crippen molar-refractivity contribution in [3.63, 3.8) is 0 Å². The molecule has 0 aliphatic carbocycles. The molecule has 0 saturated heterocycles. The van der Waals surface area contributed by atoms with Crippen molar-refractivity contribution in [3.05, 3.63) is 87.2 Å². The summed E-state index contributed by atoms with van der Waals surface area (Å²) in [7, 11) is 0. The summed E-state index contributed by atoms with van der Waals surface area (Å²) in [6, 6.07) is 15.4. The molecule has 1 aliphatic rings. The van der Waals surface area contributed by atoms with Gasteiger partial charge in [0.05, 0.1) is 4.92 Å². The molecule has 0 fully saturated rings. The monoisotopic (exact) mass is 347 g/mol. The van der Waals surface area contributed by atoms with Crippen LogP contribution in [0.3, 0.4) is 0 Å². The van der Waals surface area contributed by atoms with E-state index >= 15 is 0 Å². The lowest BCUT2D eigenvalue weighted by molar-refractivity contribution is -0.384. The third kappa shape index (κ3) is 3.13. The number of aryl methyl sites for hydroxylation is 1. The molecular weight excluding hydrogens is 326 g/mol. The van der Waals surface area contributed by atoms with Gasteiger partial charge in [0.15, 0.2) is 0 Å². The summed E-state index contributed by atoms with van der Waals surface area (Å²) >= 11 is 0. The Hall–Kier alpha value is -2.92. The van der Waals surface area contributed by atoms with Gasteiger partial charge in [-0.25, -0.2) is 0 Å². The third-order valence-corrected chi connectivity index (χ3v) is 4.97. The van der Waals surface area contributed by atoms with Crippen LogP contribution in [0.15, 0.2) is 54.7 Å². The summed E-state index contributed by atoms with van der Waals surface area (Å²) in [6.07, 6.45) is 3.19. The number of non-ortho nitro benzene ring substituents is 1. The van der Waals surface area contributed by atoms with Gasteiger partial charge in [-0.2, -0.15) is 0 Å². The number of fused-ring (bicyclic) bond motifs is 1. The fourth-order valence-electron chi connectivity index (χ4n) is 3.71. The van der Waals surface area contributed by atoms with Gasteiger partial charge in [0.1, 0.15) is 0 Å². The van der Waals surface area contributed by atoms with Crippen LogP contribution in [0.25, 0.3) is 11.1 Å². The molecule has 0 atom stereocenters. The lowest BCUT2D eigenvalue weighted by Gasteiger charge is -2.17. The molecule has 1 N–H and O–H groups in total. The summed E-state index contributed by atoms with van der Waals surface area (Å²) in [5.41, 5.74) is 7.53. The summed E-state index contributed by atoms with van der Waals surface area (Å²) in [5, 5.41) is 14.4. The number of aromatic nitrogens is 1. The number of nitrogens with one attached hydrogen (secondary N) is 1. The van der Waals surface area contributed by atoms with Gasteiger partial charge in [0.25, 0.3) is 5.69 Å². The van der Waals surface area contributed by atoms with Crippen LogP contribution < -0.4 is 5.32 Å². The number of nitro groups is 1. The molecule has 0 saturated carbocycles. The normalized spacial score (nSPS) is 13.4. The van der Waals surface area contributed by atoms with Gasteiger partial charge in [0.2, 0.25) is 0 Å². The fourth-order valence-corrected chi connectivity index (χ4v) is 3.71. The van der Waals surface area contributed by atoms with Crippen LogP contribution in [0.4, 0.5) is 5.69 Å². The molecule has 1 aliphatic heterocycles. The molecule has 0 spiro atoms. The topological polar surface area (TPSA) is 60.1 Å². The van der Waals surface area contributed by atoms with E-state index in [1.165, 1.54) is 22.4 Å². The van der Waals surface area contributed by atoms with E-state index in [0.29, 0.717) is 0 Å². The highest BCUT2D eigenvalue weighted by molar-refractivity contribution is 5.70. The zero-order valence-corrected chi connectivity index (χ0v) is 14.7. The van der Waals surface area contributed by atoms with Gasteiger partial charge in [0, 0.05) is 55.6 Å². The van der Waals surface area contributed by atoms with Crippen molar-refractivity contribution >= 4 is 5.69 Å². The van der Waals surface area contributed by atoms with Crippen LogP contribution in [0.1, 0.15) is 22.4 Å². The second-order valence-electron chi connectivity index (χ2n) is 6.82. The van der Waals surface area contributed by atoms with E-state index < -0.39 is 0 Å². The molecule has 4 rings (SSSR count). The van der Waals surface area contributed by atoms with E-state index in [4.69, 9.17) is 0 Å².